The summed E-state index contributed by atoms with van der Waals surface area (Å²) in [7, 11) is 1.61. The molecule has 1 amide bonds. The minimum Gasteiger partial charge on any atom is -0.493 e. The predicted molar refractivity (Wildman–Crippen MR) is 114 cm³/mol. The van der Waals surface area contributed by atoms with Crippen molar-refractivity contribution < 1.29 is 19.0 Å². The Morgan fingerprint density at radius 1 is 1.20 bits per heavy atom. The van der Waals surface area contributed by atoms with E-state index in [-0.39, 0.29) is 17.4 Å². The van der Waals surface area contributed by atoms with Gasteiger partial charge in [-0.15, -0.1) is 0 Å². The van der Waals surface area contributed by atoms with Crippen LogP contribution < -0.4 is 9.47 Å². The molecule has 3 fully saturated rings. The van der Waals surface area contributed by atoms with Crippen molar-refractivity contribution in [3.63, 3.8) is 0 Å². The standard InChI is InChI=1S/C25H29NO4/c1-28-23-14-18(9-10-22(23)30-17-21-8-5-13-29-21)24(27)26-12-11-25(15-20(25)16-26)19-6-3-2-4-7-19/h2-4,6-7,9-10,14,20-21H,5,8,11-13,15-17H2,1H3. The van der Waals surface area contributed by atoms with Crippen LogP contribution in [0.1, 0.15) is 41.6 Å². The molecule has 0 N–H and O–H groups in total. The number of carbonyl (C=O) groups excluding carboxylic acids is 1. The molecule has 0 spiro atoms. The molecule has 0 aromatic heterocycles. The van der Waals surface area contributed by atoms with Crippen LogP contribution in [0, 0.1) is 5.92 Å². The van der Waals surface area contributed by atoms with Gasteiger partial charge < -0.3 is 19.1 Å². The highest BCUT2D eigenvalue weighted by molar-refractivity contribution is 5.95. The van der Waals surface area contributed by atoms with Gasteiger partial charge in [0.25, 0.3) is 5.91 Å². The van der Waals surface area contributed by atoms with Gasteiger partial charge in [-0.25, -0.2) is 0 Å². The first-order valence-corrected chi connectivity index (χ1v) is 11.0. The zero-order chi connectivity index (χ0) is 20.6. The zero-order valence-corrected chi connectivity index (χ0v) is 17.5. The second kappa shape index (κ2) is 7.95. The van der Waals surface area contributed by atoms with Crippen molar-refractivity contribution in [3.8, 4) is 11.5 Å². The Hall–Kier alpha value is -2.53. The molecular formula is C25H29NO4. The van der Waals surface area contributed by atoms with Crippen LogP contribution in [-0.2, 0) is 10.2 Å². The summed E-state index contributed by atoms with van der Waals surface area (Å²) in [5, 5.41) is 0. The van der Waals surface area contributed by atoms with E-state index in [4.69, 9.17) is 14.2 Å². The quantitative estimate of drug-likeness (QED) is 0.725. The topological polar surface area (TPSA) is 48.0 Å². The number of benzene rings is 2. The largest absolute Gasteiger partial charge is 0.493 e. The molecule has 2 saturated heterocycles. The Morgan fingerprint density at radius 3 is 2.80 bits per heavy atom. The van der Waals surface area contributed by atoms with Crippen molar-refractivity contribution >= 4 is 5.91 Å². The van der Waals surface area contributed by atoms with Crippen LogP contribution in [0.5, 0.6) is 11.5 Å². The molecule has 0 radical (unpaired) electrons. The number of amides is 1. The molecule has 5 rings (SSSR count). The molecule has 2 aromatic rings. The van der Waals surface area contributed by atoms with Gasteiger partial charge in [0, 0.05) is 30.7 Å². The fraction of sp³-hybridized carbons (Fsp3) is 0.480. The first-order valence-electron chi connectivity index (χ1n) is 11.0. The van der Waals surface area contributed by atoms with Gasteiger partial charge in [0.2, 0.25) is 0 Å². The van der Waals surface area contributed by atoms with Crippen LogP contribution in [0.3, 0.4) is 0 Å². The van der Waals surface area contributed by atoms with Crippen molar-refractivity contribution in [2.75, 3.05) is 33.4 Å². The lowest BCUT2D eigenvalue weighted by Crippen LogP contribution is -2.40. The van der Waals surface area contributed by atoms with Gasteiger partial charge in [-0.3, -0.25) is 4.79 Å². The van der Waals surface area contributed by atoms with E-state index in [2.05, 4.69) is 30.3 Å². The lowest BCUT2D eigenvalue weighted by Gasteiger charge is -2.32. The molecule has 5 heteroatoms. The summed E-state index contributed by atoms with van der Waals surface area (Å²) in [4.78, 5) is 15.2. The van der Waals surface area contributed by atoms with Crippen LogP contribution in [0.15, 0.2) is 48.5 Å². The molecule has 2 aliphatic heterocycles. The Balaban J connectivity index is 1.24. The summed E-state index contributed by atoms with van der Waals surface area (Å²) in [6.45, 7) is 2.94. The second-order valence-electron chi connectivity index (χ2n) is 8.74. The fourth-order valence-electron chi connectivity index (χ4n) is 5.13. The molecule has 30 heavy (non-hydrogen) atoms. The molecule has 5 nitrogen and oxygen atoms in total. The SMILES string of the molecule is COc1cc(C(=O)N2CCC3(c4ccccc4)CC3C2)ccc1OCC1CCCO1. The van der Waals surface area contributed by atoms with Crippen LogP contribution >= 0.6 is 0 Å². The summed E-state index contributed by atoms with van der Waals surface area (Å²) in [6.07, 6.45) is 4.47. The Bertz CT molecular complexity index is 909. The summed E-state index contributed by atoms with van der Waals surface area (Å²) >= 11 is 0. The van der Waals surface area contributed by atoms with Crippen LogP contribution in [0.4, 0.5) is 0 Å². The Morgan fingerprint density at radius 2 is 2.07 bits per heavy atom. The molecule has 158 valence electrons. The maximum Gasteiger partial charge on any atom is 0.254 e. The van der Waals surface area contributed by atoms with E-state index in [1.54, 1.807) is 13.2 Å². The molecule has 3 aliphatic rings. The predicted octanol–water partition coefficient (Wildman–Crippen LogP) is 4.06. The molecular weight excluding hydrogens is 378 g/mol. The van der Waals surface area contributed by atoms with Crippen molar-refractivity contribution in [1.29, 1.82) is 0 Å². The number of hydrogen-bond acceptors (Lipinski definition) is 4. The fourth-order valence-corrected chi connectivity index (χ4v) is 5.13. The minimum absolute atomic E-state index is 0.0764. The zero-order valence-electron chi connectivity index (χ0n) is 17.5. The third kappa shape index (κ3) is 3.56. The number of rotatable bonds is 6. The number of methoxy groups -OCH3 is 1. The van der Waals surface area contributed by atoms with Gasteiger partial charge in [0.1, 0.15) is 6.61 Å². The number of likely N-dealkylation sites (tertiary alicyclic amines) is 1. The second-order valence-corrected chi connectivity index (χ2v) is 8.74. The van der Waals surface area contributed by atoms with E-state index in [0.29, 0.717) is 29.6 Å². The third-order valence-corrected chi connectivity index (χ3v) is 7.00. The van der Waals surface area contributed by atoms with Crippen molar-refractivity contribution in [2.24, 2.45) is 5.92 Å². The summed E-state index contributed by atoms with van der Waals surface area (Å²) in [5.74, 6) is 1.90. The number of nitrogens with zero attached hydrogens (tertiary/aromatic N) is 1. The Labute approximate surface area is 177 Å². The smallest absolute Gasteiger partial charge is 0.254 e. The molecule has 3 unspecified atom stereocenters. The van der Waals surface area contributed by atoms with E-state index in [9.17, 15) is 4.79 Å². The van der Waals surface area contributed by atoms with Crippen LogP contribution in [0.2, 0.25) is 0 Å². The van der Waals surface area contributed by atoms with E-state index in [1.165, 1.54) is 12.0 Å². The average Bonchev–Trinajstić information content (AvgIpc) is 3.32. The van der Waals surface area contributed by atoms with Gasteiger partial charge in [-0.05, 0) is 55.4 Å². The normalized spacial score (nSPS) is 27.4. The van der Waals surface area contributed by atoms with E-state index < -0.39 is 0 Å². The molecule has 0 bridgehead atoms. The van der Waals surface area contributed by atoms with Crippen molar-refractivity contribution in [2.45, 2.75) is 37.2 Å². The molecule has 2 heterocycles. The average molecular weight is 408 g/mol. The highest BCUT2D eigenvalue weighted by Gasteiger charge is 2.57. The lowest BCUT2D eigenvalue weighted by atomic mass is 9.87. The number of carbonyl (C=O) groups is 1. The lowest BCUT2D eigenvalue weighted by molar-refractivity contribution is 0.0667. The van der Waals surface area contributed by atoms with Crippen molar-refractivity contribution in [1.82, 2.24) is 4.90 Å². The minimum atomic E-state index is 0.0764. The van der Waals surface area contributed by atoms with Crippen LogP contribution in [0.25, 0.3) is 0 Å². The van der Waals surface area contributed by atoms with E-state index in [0.717, 1.165) is 39.0 Å². The van der Waals surface area contributed by atoms with Gasteiger partial charge in [-0.1, -0.05) is 30.3 Å². The number of hydrogen-bond donors (Lipinski definition) is 0. The summed E-state index contributed by atoms with van der Waals surface area (Å²) < 4.78 is 17.0. The molecule has 2 aromatic carbocycles. The third-order valence-electron chi connectivity index (χ3n) is 7.00. The van der Waals surface area contributed by atoms with Gasteiger partial charge >= 0.3 is 0 Å². The highest BCUT2D eigenvalue weighted by atomic mass is 16.5. The van der Waals surface area contributed by atoms with Gasteiger partial charge in [0.15, 0.2) is 11.5 Å². The Kier molecular flexibility index (Phi) is 5.15. The molecule has 3 atom stereocenters. The molecule has 1 saturated carbocycles. The van der Waals surface area contributed by atoms with E-state index >= 15 is 0 Å². The summed E-state index contributed by atoms with van der Waals surface area (Å²) in [5.41, 5.74) is 2.37. The first-order chi connectivity index (χ1) is 14.7. The maximum absolute atomic E-state index is 13.2. The number of piperidine rings is 1. The maximum atomic E-state index is 13.2. The van der Waals surface area contributed by atoms with Gasteiger partial charge in [0.05, 0.1) is 13.2 Å². The van der Waals surface area contributed by atoms with E-state index in [1.807, 2.05) is 17.0 Å². The highest BCUT2D eigenvalue weighted by Crippen LogP contribution is 2.59. The van der Waals surface area contributed by atoms with Gasteiger partial charge in [-0.2, -0.15) is 0 Å². The monoisotopic (exact) mass is 407 g/mol. The molecule has 1 aliphatic carbocycles. The number of fused-ring (bicyclic) bond motifs is 1. The number of ether oxygens (including phenoxy) is 3. The summed E-state index contributed by atoms with van der Waals surface area (Å²) in [6, 6.07) is 16.3. The van der Waals surface area contributed by atoms with Crippen LogP contribution in [-0.4, -0.2) is 50.3 Å². The first kappa shape index (κ1) is 19.4. The van der Waals surface area contributed by atoms with Crippen molar-refractivity contribution in [3.05, 3.63) is 59.7 Å².